The van der Waals surface area contributed by atoms with Gasteiger partial charge in [-0.3, -0.25) is 4.79 Å². The number of anilines is 1. The Bertz CT molecular complexity index is 969. The van der Waals surface area contributed by atoms with Crippen LogP contribution in [-0.2, 0) is 4.79 Å². The molecule has 4 rings (SSSR count). The molecule has 2 heterocycles. The van der Waals surface area contributed by atoms with Crippen molar-refractivity contribution in [2.24, 2.45) is 5.92 Å². The van der Waals surface area contributed by atoms with Crippen molar-refractivity contribution in [2.45, 2.75) is 12.8 Å². The van der Waals surface area contributed by atoms with E-state index in [1.807, 2.05) is 38.2 Å². The van der Waals surface area contributed by atoms with E-state index in [2.05, 4.69) is 15.7 Å². The molecule has 3 aromatic rings. The summed E-state index contributed by atoms with van der Waals surface area (Å²) in [6.07, 6.45) is 3.81. The third-order valence-corrected chi connectivity index (χ3v) is 4.81. The lowest BCUT2D eigenvalue weighted by molar-refractivity contribution is -0.122. The largest absolute Gasteiger partial charge is 0.368 e. The van der Waals surface area contributed by atoms with Crippen LogP contribution in [0.1, 0.15) is 12.8 Å². The van der Waals surface area contributed by atoms with Gasteiger partial charge in [0.2, 0.25) is 5.91 Å². The molecule has 6 nitrogen and oxygen atoms in total. The summed E-state index contributed by atoms with van der Waals surface area (Å²) in [4.78, 5) is 16.4. The predicted molar refractivity (Wildman–Crippen MR) is 106 cm³/mol. The monoisotopic (exact) mass is 367 g/mol. The van der Waals surface area contributed by atoms with E-state index in [1.165, 1.54) is 0 Å². The molecule has 0 bridgehead atoms. The summed E-state index contributed by atoms with van der Waals surface area (Å²) in [6.45, 7) is 1.18. The van der Waals surface area contributed by atoms with Crippen molar-refractivity contribution < 1.29 is 4.79 Å². The van der Waals surface area contributed by atoms with E-state index >= 15 is 0 Å². The summed E-state index contributed by atoms with van der Waals surface area (Å²) in [5.74, 6) is 1.19. The number of rotatable bonds is 6. The van der Waals surface area contributed by atoms with E-state index in [0.29, 0.717) is 18.1 Å². The summed E-state index contributed by atoms with van der Waals surface area (Å²) in [6, 6.07) is 9.58. The quantitative estimate of drug-likeness (QED) is 0.508. The molecule has 2 aromatic heterocycles. The van der Waals surface area contributed by atoms with Gasteiger partial charge in [0, 0.05) is 41.9 Å². The van der Waals surface area contributed by atoms with Crippen LogP contribution in [0.5, 0.6) is 0 Å². The molecule has 1 amide bonds. The molecule has 0 aliphatic heterocycles. The molecule has 1 aromatic carbocycles. The third kappa shape index (κ3) is 3.39. The maximum atomic E-state index is 11.7. The van der Waals surface area contributed by atoms with Crippen LogP contribution in [0.25, 0.3) is 16.9 Å². The highest BCUT2D eigenvalue weighted by Gasteiger charge is 2.28. The summed E-state index contributed by atoms with van der Waals surface area (Å²) in [5.41, 5.74) is 3.44. The molecule has 0 unspecified atom stereocenters. The van der Waals surface area contributed by atoms with Gasteiger partial charge in [-0.25, -0.2) is 4.98 Å². The number of carbonyl (C=O) groups excluding carboxylic acids is 1. The Balaban J connectivity index is 1.58. The second kappa shape index (κ2) is 7.00. The maximum Gasteiger partial charge on any atom is 0.223 e. The summed E-state index contributed by atoms with van der Waals surface area (Å²) < 4.78 is 1.78. The lowest BCUT2D eigenvalue weighted by Crippen LogP contribution is -2.30. The number of hydrogen-bond donors (Lipinski definition) is 2. The average molecular weight is 368 g/mol. The molecule has 0 atom stereocenters. The van der Waals surface area contributed by atoms with Gasteiger partial charge in [0.25, 0.3) is 0 Å². The maximum absolute atomic E-state index is 11.7. The lowest BCUT2D eigenvalue weighted by Gasteiger charge is -2.12. The molecule has 132 valence electrons. The number of nitrogens with one attached hydrogen (secondary N) is 2. The number of nitrogens with zero attached hydrogens (tertiary/aromatic N) is 3. The van der Waals surface area contributed by atoms with Gasteiger partial charge in [-0.2, -0.15) is 9.61 Å². The fourth-order valence-electron chi connectivity index (χ4n) is 2.87. The molecule has 0 radical (unpaired) electrons. The van der Waals surface area contributed by atoms with Gasteiger partial charge in [-0.15, -0.1) is 0 Å². The SMILES string of the molecule is Bc1cnn2c(NCCNC(=O)C3CC3)cc(-c3ccccc3Cl)nc12. The zero-order chi connectivity index (χ0) is 18.1. The van der Waals surface area contributed by atoms with Crippen LogP contribution < -0.4 is 16.1 Å². The highest BCUT2D eigenvalue weighted by molar-refractivity contribution is 6.36. The molecule has 8 heteroatoms. The van der Waals surface area contributed by atoms with Crippen molar-refractivity contribution in [3.05, 3.63) is 41.6 Å². The van der Waals surface area contributed by atoms with E-state index < -0.39 is 0 Å². The fraction of sp³-hybridized carbons (Fsp3) is 0.278. The van der Waals surface area contributed by atoms with E-state index in [9.17, 15) is 4.79 Å². The molecule has 0 spiro atoms. The molecule has 2 N–H and O–H groups in total. The van der Waals surface area contributed by atoms with E-state index in [1.54, 1.807) is 10.7 Å². The van der Waals surface area contributed by atoms with Crippen LogP contribution in [0.4, 0.5) is 5.82 Å². The Labute approximate surface area is 157 Å². The van der Waals surface area contributed by atoms with Gasteiger partial charge in [-0.05, 0) is 24.4 Å². The van der Waals surface area contributed by atoms with Crippen molar-refractivity contribution in [1.82, 2.24) is 19.9 Å². The molecule has 26 heavy (non-hydrogen) atoms. The predicted octanol–water partition coefficient (Wildman–Crippen LogP) is 1.25. The Hall–Kier alpha value is -2.54. The molecule has 1 saturated carbocycles. The normalized spacial score (nSPS) is 13.7. The number of halogens is 1. The zero-order valence-corrected chi connectivity index (χ0v) is 15.3. The van der Waals surface area contributed by atoms with E-state index in [-0.39, 0.29) is 11.8 Å². The van der Waals surface area contributed by atoms with Gasteiger partial charge in [-0.1, -0.05) is 29.8 Å². The Morgan fingerprint density at radius 2 is 2.12 bits per heavy atom. The van der Waals surface area contributed by atoms with Crippen molar-refractivity contribution in [1.29, 1.82) is 0 Å². The summed E-state index contributed by atoms with van der Waals surface area (Å²) in [5, 5.41) is 11.4. The summed E-state index contributed by atoms with van der Waals surface area (Å²) >= 11 is 6.34. The second-order valence-corrected chi connectivity index (χ2v) is 6.97. The highest BCUT2D eigenvalue weighted by atomic mass is 35.5. The number of fused-ring (bicyclic) bond motifs is 1. The molecular weight excluding hydrogens is 348 g/mol. The minimum atomic E-state index is 0.151. The van der Waals surface area contributed by atoms with Crippen molar-refractivity contribution in [3.63, 3.8) is 0 Å². The topological polar surface area (TPSA) is 71.3 Å². The first-order valence-corrected chi connectivity index (χ1v) is 9.13. The second-order valence-electron chi connectivity index (χ2n) is 6.56. The van der Waals surface area contributed by atoms with Crippen molar-refractivity contribution >= 4 is 42.3 Å². The zero-order valence-electron chi connectivity index (χ0n) is 14.5. The van der Waals surface area contributed by atoms with Crippen LogP contribution in [0.15, 0.2) is 36.5 Å². The Kier molecular flexibility index (Phi) is 4.55. The minimum absolute atomic E-state index is 0.151. The van der Waals surface area contributed by atoms with Crippen LogP contribution in [0.2, 0.25) is 5.02 Å². The van der Waals surface area contributed by atoms with Gasteiger partial charge in [0.15, 0.2) is 5.65 Å². The van der Waals surface area contributed by atoms with Crippen molar-refractivity contribution in [3.8, 4) is 11.3 Å². The third-order valence-electron chi connectivity index (χ3n) is 4.48. The number of benzene rings is 1. The first-order valence-electron chi connectivity index (χ1n) is 8.75. The van der Waals surface area contributed by atoms with E-state index in [4.69, 9.17) is 16.6 Å². The standard InChI is InChI=1S/C18H19BClN5O/c19-13-10-23-25-16(21-7-8-22-18(26)11-5-6-11)9-15(24-17(13)25)12-3-1-2-4-14(12)20/h1-4,9-11,21H,5-8,19H2,(H,22,26). The first kappa shape index (κ1) is 16.9. The molecule has 0 saturated heterocycles. The summed E-state index contributed by atoms with van der Waals surface area (Å²) in [7, 11) is 1.98. The molecule has 1 fully saturated rings. The van der Waals surface area contributed by atoms with Gasteiger partial charge < -0.3 is 10.6 Å². The van der Waals surface area contributed by atoms with Gasteiger partial charge in [0.05, 0.1) is 5.69 Å². The fourth-order valence-corrected chi connectivity index (χ4v) is 3.10. The van der Waals surface area contributed by atoms with Crippen LogP contribution in [0, 0.1) is 5.92 Å². The number of hydrogen-bond acceptors (Lipinski definition) is 4. The lowest BCUT2D eigenvalue weighted by atomic mass is 10.0. The Morgan fingerprint density at radius 3 is 2.88 bits per heavy atom. The molecule has 1 aliphatic rings. The van der Waals surface area contributed by atoms with Crippen molar-refractivity contribution in [2.75, 3.05) is 18.4 Å². The Morgan fingerprint density at radius 1 is 1.31 bits per heavy atom. The van der Waals surface area contributed by atoms with Crippen LogP contribution in [-0.4, -0.2) is 41.4 Å². The highest BCUT2D eigenvalue weighted by Crippen LogP contribution is 2.29. The van der Waals surface area contributed by atoms with Crippen LogP contribution >= 0.6 is 11.6 Å². The number of amides is 1. The van der Waals surface area contributed by atoms with Gasteiger partial charge >= 0.3 is 0 Å². The number of aromatic nitrogens is 3. The first-order chi connectivity index (χ1) is 12.6. The van der Waals surface area contributed by atoms with E-state index in [0.717, 1.165) is 41.0 Å². The molecule has 1 aliphatic carbocycles. The molecular formula is C18H19BClN5O. The smallest absolute Gasteiger partial charge is 0.223 e. The average Bonchev–Trinajstić information content (AvgIpc) is 3.43. The minimum Gasteiger partial charge on any atom is -0.368 e. The van der Waals surface area contributed by atoms with Gasteiger partial charge in [0.1, 0.15) is 13.7 Å². The van der Waals surface area contributed by atoms with Crippen LogP contribution in [0.3, 0.4) is 0 Å². The number of carbonyl (C=O) groups is 1.